The first kappa shape index (κ1) is 12.1. The molecule has 1 aliphatic carbocycles. The molecule has 0 saturated carbocycles. The Bertz CT molecular complexity index is 356. The first-order valence-corrected chi connectivity index (χ1v) is 6.03. The third kappa shape index (κ3) is 2.51. The number of hydrogen-bond donors (Lipinski definition) is 0. The van der Waals surface area contributed by atoms with Crippen molar-refractivity contribution >= 4 is 11.9 Å². The molecule has 1 fully saturated rings. The number of carbonyl (C=O) groups is 2. The number of ether oxygens (including phenoxy) is 2. The summed E-state index contributed by atoms with van der Waals surface area (Å²) in [5.74, 6) is -0.801. The number of hydrogen-bond acceptors (Lipinski definition) is 4. The van der Waals surface area contributed by atoms with Crippen LogP contribution >= 0.6 is 0 Å². The highest BCUT2D eigenvalue weighted by molar-refractivity contribution is 5.82. The molecule has 2 aliphatic rings. The minimum atomic E-state index is -0.749. The number of esters is 2. The lowest BCUT2D eigenvalue weighted by Crippen LogP contribution is -2.37. The van der Waals surface area contributed by atoms with Gasteiger partial charge in [-0.15, -0.1) is 0 Å². The first-order valence-electron chi connectivity index (χ1n) is 6.03. The summed E-state index contributed by atoms with van der Waals surface area (Å²) in [4.78, 5) is 23.4. The summed E-state index contributed by atoms with van der Waals surface area (Å²) in [6.07, 6.45) is 5.72. The van der Waals surface area contributed by atoms with Crippen molar-refractivity contribution in [1.29, 1.82) is 0 Å². The Kier molecular flexibility index (Phi) is 3.22. The molecule has 1 unspecified atom stereocenters. The summed E-state index contributed by atoms with van der Waals surface area (Å²) in [6.45, 7) is 4.06. The molecule has 94 valence electrons. The lowest BCUT2D eigenvalue weighted by molar-refractivity contribution is -0.166. The highest BCUT2D eigenvalue weighted by Gasteiger charge is 2.47. The van der Waals surface area contributed by atoms with Gasteiger partial charge in [0.15, 0.2) is 0 Å². The van der Waals surface area contributed by atoms with Crippen molar-refractivity contribution in [2.75, 3.05) is 6.61 Å². The Morgan fingerprint density at radius 2 is 2.24 bits per heavy atom. The predicted molar refractivity (Wildman–Crippen MR) is 61.1 cm³/mol. The molecule has 0 aromatic heterocycles. The quantitative estimate of drug-likeness (QED) is 0.544. The summed E-state index contributed by atoms with van der Waals surface area (Å²) in [6, 6.07) is 0. The molecule has 0 aromatic carbocycles. The van der Waals surface area contributed by atoms with E-state index < -0.39 is 17.5 Å². The van der Waals surface area contributed by atoms with Gasteiger partial charge in [-0.1, -0.05) is 26.0 Å². The average molecular weight is 238 g/mol. The molecule has 0 bridgehead atoms. The van der Waals surface area contributed by atoms with Gasteiger partial charge in [-0.3, -0.25) is 4.79 Å². The van der Waals surface area contributed by atoms with Gasteiger partial charge < -0.3 is 9.47 Å². The van der Waals surface area contributed by atoms with Crippen LogP contribution in [0.25, 0.3) is 0 Å². The van der Waals surface area contributed by atoms with Crippen LogP contribution in [0.4, 0.5) is 0 Å². The van der Waals surface area contributed by atoms with Crippen LogP contribution in [0.3, 0.4) is 0 Å². The van der Waals surface area contributed by atoms with E-state index >= 15 is 0 Å². The van der Waals surface area contributed by atoms with E-state index in [9.17, 15) is 9.59 Å². The van der Waals surface area contributed by atoms with Gasteiger partial charge >= 0.3 is 11.9 Å². The molecule has 0 aromatic rings. The summed E-state index contributed by atoms with van der Waals surface area (Å²) < 4.78 is 10.3. The highest BCUT2D eigenvalue weighted by Crippen LogP contribution is 2.32. The van der Waals surface area contributed by atoms with Gasteiger partial charge in [-0.25, -0.2) is 4.79 Å². The van der Waals surface area contributed by atoms with Crippen LogP contribution in [0.15, 0.2) is 12.2 Å². The second kappa shape index (κ2) is 4.51. The van der Waals surface area contributed by atoms with E-state index in [1.165, 1.54) is 0 Å². The minimum absolute atomic E-state index is 0.107. The molecular formula is C13H18O4. The third-order valence-electron chi connectivity index (χ3n) is 3.35. The van der Waals surface area contributed by atoms with Crippen LogP contribution in [0.1, 0.15) is 33.1 Å². The Morgan fingerprint density at radius 3 is 2.76 bits per heavy atom. The molecule has 2 atom stereocenters. The van der Waals surface area contributed by atoms with Crippen LogP contribution in [0.5, 0.6) is 0 Å². The van der Waals surface area contributed by atoms with E-state index in [1.54, 1.807) is 0 Å². The Balaban J connectivity index is 1.98. The van der Waals surface area contributed by atoms with Gasteiger partial charge in [-0.05, 0) is 19.3 Å². The fraction of sp³-hybridized carbons (Fsp3) is 0.692. The minimum Gasteiger partial charge on any atom is -0.462 e. The topological polar surface area (TPSA) is 52.6 Å². The molecule has 0 amide bonds. The molecule has 2 rings (SSSR count). The molecule has 17 heavy (non-hydrogen) atoms. The van der Waals surface area contributed by atoms with Gasteiger partial charge in [0.1, 0.15) is 6.61 Å². The normalized spacial score (nSPS) is 31.1. The number of cyclic esters (lactones) is 1. The van der Waals surface area contributed by atoms with Crippen LogP contribution in [0.2, 0.25) is 0 Å². The van der Waals surface area contributed by atoms with Crippen molar-refractivity contribution in [1.82, 2.24) is 0 Å². The monoisotopic (exact) mass is 238 g/mol. The van der Waals surface area contributed by atoms with Crippen molar-refractivity contribution in [3.8, 4) is 0 Å². The second-order valence-corrected chi connectivity index (χ2v) is 5.39. The largest absolute Gasteiger partial charge is 0.462 e. The number of rotatable bonds is 2. The van der Waals surface area contributed by atoms with Crippen molar-refractivity contribution in [2.45, 2.75) is 39.2 Å². The van der Waals surface area contributed by atoms with E-state index in [0.29, 0.717) is 13.0 Å². The van der Waals surface area contributed by atoms with E-state index in [-0.39, 0.29) is 11.9 Å². The molecule has 4 heteroatoms. The van der Waals surface area contributed by atoms with Crippen LogP contribution in [-0.4, -0.2) is 24.6 Å². The molecule has 1 aliphatic heterocycles. The zero-order valence-electron chi connectivity index (χ0n) is 10.3. The second-order valence-electron chi connectivity index (χ2n) is 5.39. The zero-order valence-corrected chi connectivity index (χ0v) is 10.3. The van der Waals surface area contributed by atoms with Crippen molar-refractivity contribution in [3.63, 3.8) is 0 Å². The van der Waals surface area contributed by atoms with E-state index in [2.05, 4.69) is 6.08 Å². The maximum absolute atomic E-state index is 11.9. The van der Waals surface area contributed by atoms with Crippen molar-refractivity contribution in [2.24, 2.45) is 11.3 Å². The highest BCUT2D eigenvalue weighted by atomic mass is 16.6. The van der Waals surface area contributed by atoms with E-state index in [0.717, 1.165) is 12.8 Å². The Labute approximate surface area is 101 Å². The summed E-state index contributed by atoms with van der Waals surface area (Å²) >= 11 is 0. The standard InChI is InChI=1S/C13H18O4/c1-13(2)8-16-12(15)10(13)17-11(14)9-6-4-3-5-7-9/h3-4,9-10H,5-8H2,1-2H3/t9?,10-/m0/s1. The lowest BCUT2D eigenvalue weighted by atomic mass is 9.89. The molecule has 0 N–H and O–H groups in total. The van der Waals surface area contributed by atoms with Gasteiger partial charge in [0.05, 0.1) is 5.92 Å². The Hall–Kier alpha value is -1.32. The van der Waals surface area contributed by atoms with Crippen LogP contribution in [0, 0.1) is 11.3 Å². The number of allylic oxidation sites excluding steroid dienone is 2. The summed E-state index contributed by atoms with van der Waals surface area (Å²) in [5.41, 5.74) is -0.419. The van der Waals surface area contributed by atoms with Crippen molar-refractivity contribution in [3.05, 3.63) is 12.2 Å². The molecule has 0 radical (unpaired) electrons. The fourth-order valence-electron chi connectivity index (χ4n) is 2.16. The van der Waals surface area contributed by atoms with Gasteiger partial charge in [-0.2, -0.15) is 0 Å². The first-order chi connectivity index (χ1) is 8.00. The number of carbonyl (C=O) groups excluding carboxylic acids is 2. The lowest BCUT2D eigenvalue weighted by Gasteiger charge is -2.24. The van der Waals surface area contributed by atoms with Crippen molar-refractivity contribution < 1.29 is 19.1 Å². The smallest absolute Gasteiger partial charge is 0.348 e. The van der Waals surface area contributed by atoms with E-state index in [1.807, 2.05) is 19.9 Å². The molecule has 4 nitrogen and oxygen atoms in total. The molecular weight excluding hydrogens is 220 g/mol. The summed E-state index contributed by atoms with van der Waals surface area (Å²) in [7, 11) is 0. The van der Waals surface area contributed by atoms with Crippen LogP contribution in [-0.2, 0) is 19.1 Å². The van der Waals surface area contributed by atoms with Gasteiger partial charge in [0.2, 0.25) is 6.10 Å². The molecule has 1 saturated heterocycles. The predicted octanol–water partition coefficient (Wildman–Crippen LogP) is 1.84. The van der Waals surface area contributed by atoms with E-state index in [4.69, 9.17) is 9.47 Å². The van der Waals surface area contributed by atoms with Crippen LogP contribution < -0.4 is 0 Å². The third-order valence-corrected chi connectivity index (χ3v) is 3.35. The maximum Gasteiger partial charge on any atom is 0.348 e. The zero-order chi connectivity index (χ0) is 12.5. The SMILES string of the molecule is CC1(C)COC(=O)[C@@H]1OC(=O)C1CC=CCC1. The maximum atomic E-state index is 11.9. The Morgan fingerprint density at radius 1 is 1.47 bits per heavy atom. The average Bonchev–Trinajstić information content (AvgIpc) is 2.57. The molecule has 0 spiro atoms. The van der Waals surface area contributed by atoms with Gasteiger partial charge in [0, 0.05) is 5.41 Å². The van der Waals surface area contributed by atoms with Gasteiger partial charge in [0.25, 0.3) is 0 Å². The summed E-state index contributed by atoms with van der Waals surface area (Å²) in [5, 5.41) is 0. The molecule has 1 heterocycles. The fourth-order valence-corrected chi connectivity index (χ4v) is 2.16.